The minimum atomic E-state index is -3.36. The third-order valence-electron chi connectivity index (χ3n) is 3.63. The highest BCUT2D eigenvalue weighted by Crippen LogP contribution is 2.21. The molecular formula is C20H22Cl2N2O3S. The van der Waals surface area contributed by atoms with Gasteiger partial charge in [-0.2, -0.15) is 0 Å². The largest absolute Gasteiger partial charge is 0.348 e. The Labute approximate surface area is 175 Å². The molecule has 0 saturated heterocycles. The van der Waals surface area contributed by atoms with E-state index in [1.54, 1.807) is 62.4 Å². The van der Waals surface area contributed by atoms with Crippen LogP contribution in [0.4, 0.5) is 0 Å². The molecule has 0 aromatic heterocycles. The average molecular weight is 441 g/mol. The molecule has 0 spiro atoms. The predicted octanol–water partition coefficient (Wildman–Crippen LogP) is 4.15. The summed E-state index contributed by atoms with van der Waals surface area (Å²) in [6, 6.07) is 11.9. The minimum Gasteiger partial charge on any atom is -0.348 e. The summed E-state index contributed by atoms with van der Waals surface area (Å²) in [6.45, 7) is 3.87. The Morgan fingerprint density at radius 2 is 1.71 bits per heavy atom. The van der Waals surface area contributed by atoms with Gasteiger partial charge in [0.05, 0.1) is 5.75 Å². The van der Waals surface area contributed by atoms with Gasteiger partial charge in [-0.25, -0.2) is 13.1 Å². The van der Waals surface area contributed by atoms with E-state index in [0.29, 0.717) is 27.7 Å². The van der Waals surface area contributed by atoms with Crippen LogP contribution in [0, 0.1) is 0 Å². The lowest BCUT2D eigenvalue weighted by Gasteiger charge is -2.10. The van der Waals surface area contributed by atoms with Gasteiger partial charge in [0, 0.05) is 28.7 Å². The van der Waals surface area contributed by atoms with Crippen molar-refractivity contribution in [3.8, 4) is 0 Å². The Kier molecular flexibility index (Phi) is 8.07. The van der Waals surface area contributed by atoms with Gasteiger partial charge in [-0.05, 0) is 54.8 Å². The molecular weight excluding hydrogens is 419 g/mol. The number of halogens is 2. The highest BCUT2D eigenvalue weighted by atomic mass is 35.5. The average Bonchev–Trinajstić information content (AvgIpc) is 2.60. The van der Waals surface area contributed by atoms with Crippen LogP contribution in [0.1, 0.15) is 30.5 Å². The monoisotopic (exact) mass is 440 g/mol. The molecule has 5 nitrogen and oxygen atoms in total. The Balaban J connectivity index is 1.90. The number of hydrogen-bond donors (Lipinski definition) is 2. The Hall–Kier alpha value is -1.86. The summed E-state index contributed by atoms with van der Waals surface area (Å²) < 4.78 is 26.4. The highest BCUT2D eigenvalue weighted by molar-refractivity contribution is 7.88. The van der Waals surface area contributed by atoms with E-state index >= 15 is 0 Å². The van der Waals surface area contributed by atoms with Gasteiger partial charge in [0.1, 0.15) is 0 Å². The van der Waals surface area contributed by atoms with Gasteiger partial charge in [-0.3, -0.25) is 4.79 Å². The molecule has 8 heteroatoms. The minimum absolute atomic E-state index is 0.0824. The summed E-state index contributed by atoms with van der Waals surface area (Å²) in [7, 11) is -3.36. The molecule has 2 aromatic rings. The Bertz CT molecular complexity index is 956. The van der Waals surface area contributed by atoms with Crippen LogP contribution in [0.15, 0.2) is 48.5 Å². The van der Waals surface area contributed by atoms with Crippen molar-refractivity contribution in [2.45, 2.75) is 32.2 Å². The molecule has 2 aromatic carbocycles. The number of amides is 1. The second-order valence-corrected chi connectivity index (χ2v) is 9.16. The molecule has 0 aliphatic heterocycles. The molecule has 0 radical (unpaired) electrons. The lowest BCUT2D eigenvalue weighted by atomic mass is 10.1. The van der Waals surface area contributed by atoms with Crippen LogP contribution in [-0.4, -0.2) is 20.4 Å². The summed E-state index contributed by atoms with van der Waals surface area (Å²) in [6.07, 6.45) is 2.98. The number of nitrogens with one attached hydrogen (secondary N) is 2. The summed E-state index contributed by atoms with van der Waals surface area (Å²) in [5.41, 5.74) is 2.20. The first-order valence-electron chi connectivity index (χ1n) is 8.63. The fourth-order valence-electron chi connectivity index (χ4n) is 2.43. The van der Waals surface area contributed by atoms with Crippen LogP contribution in [0.5, 0.6) is 0 Å². The lowest BCUT2D eigenvalue weighted by molar-refractivity contribution is -0.116. The van der Waals surface area contributed by atoms with Crippen molar-refractivity contribution < 1.29 is 13.2 Å². The van der Waals surface area contributed by atoms with E-state index in [1.165, 1.54) is 6.08 Å². The molecule has 0 atom stereocenters. The van der Waals surface area contributed by atoms with Crippen molar-refractivity contribution in [2.24, 2.45) is 0 Å². The van der Waals surface area contributed by atoms with E-state index in [-0.39, 0.29) is 17.7 Å². The maximum atomic E-state index is 12.0. The van der Waals surface area contributed by atoms with E-state index < -0.39 is 10.0 Å². The molecule has 2 rings (SSSR count). The van der Waals surface area contributed by atoms with E-state index in [1.807, 2.05) is 0 Å². The first kappa shape index (κ1) is 22.4. The number of benzene rings is 2. The van der Waals surface area contributed by atoms with Crippen LogP contribution < -0.4 is 10.0 Å². The zero-order valence-corrected chi connectivity index (χ0v) is 17.9. The van der Waals surface area contributed by atoms with Gasteiger partial charge in [0.2, 0.25) is 15.9 Å². The van der Waals surface area contributed by atoms with E-state index in [2.05, 4.69) is 10.0 Å². The number of rotatable bonds is 8. The van der Waals surface area contributed by atoms with Gasteiger partial charge in [0.25, 0.3) is 0 Å². The first-order valence-corrected chi connectivity index (χ1v) is 11.0. The molecule has 28 heavy (non-hydrogen) atoms. The van der Waals surface area contributed by atoms with Crippen molar-refractivity contribution in [3.63, 3.8) is 0 Å². The normalized spacial score (nSPS) is 11.9. The zero-order chi connectivity index (χ0) is 20.7. The third kappa shape index (κ3) is 7.64. The van der Waals surface area contributed by atoms with Crippen molar-refractivity contribution in [2.75, 3.05) is 0 Å². The van der Waals surface area contributed by atoms with E-state index in [0.717, 1.165) is 5.56 Å². The first-order chi connectivity index (χ1) is 13.1. The number of hydrogen-bond acceptors (Lipinski definition) is 3. The third-order valence-corrected chi connectivity index (χ3v) is 5.76. The summed E-state index contributed by atoms with van der Waals surface area (Å²) in [4.78, 5) is 12.0. The summed E-state index contributed by atoms with van der Waals surface area (Å²) >= 11 is 12.0. The van der Waals surface area contributed by atoms with Gasteiger partial charge < -0.3 is 5.32 Å². The van der Waals surface area contributed by atoms with Gasteiger partial charge >= 0.3 is 0 Å². The van der Waals surface area contributed by atoms with Gasteiger partial charge in [-0.1, -0.05) is 47.5 Å². The van der Waals surface area contributed by atoms with E-state index in [4.69, 9.17) is 23.2 Å². The maximum Gasteiger partial charge on any atom is 0.244 e. The summed E-state index contributed by atoms with van der Waals surface area (Å²) in [5.74, 6) is -0.357. The molecule has 150 valence electrons. The second kappa shape index (κ2) is 10.1. The second-order valence-electron chi connectivity index (χ2n) is 6.57. The smallest absolute Gasteiger partial charge is 0.244 e. The van der Waals surface area contributed by atoms with Crippen LogP contribution in [0.3, 0.4) is 0 Å². The topological polar surface area (TPSA) is 75.3 Å². The van der Waals surface area contributed by atoms with E-state index in [9.17, 15) is 13.2 Å². The van der Waals surface area contributed by atoms with Gasteiger partial charge in [0.15, 0.2) is 0 Å². The number of carbonyl (C=O) groups is 1. The van der Waals surface area contributed by atoms with Crippen molar-refractivity contribution in [1.29, 1.82) is 0 Å². The Morgan fingerprint density at radius 3 is 2.36 bits per heavy atom. The molecule has 0 aliphatic carbocycles. The quantitative estimate of drug-likeness (QED) is 0.605. The molecule has 0 saturated carbocycles. The summed E-state index contributed by atoms with van der Waals surface area (Å²) in [5, 5.41) is 3.81. The molecule has 0 aliphatic rings. The van der Waals surface area contributed by atoms with Gasteiger partial charge in [-0.15, -0.1) is 0 Å². The molecule has 0 bridgehead atoms. The lowest BCUT2D eigenvalue weighted by Crippen LogP contribution is -2.31. The fourth-order valence-corrected chi connectivity index (χ4v) is 4.22. The molecule has 0 fully saturated rings. The van der Waals surface area contributed by atoms with Crippen molar-refractivity contribution >= 4 is 45.2 Å². The van der Waals surface area contributed by atoms with Crippen molar-refractivity contribution in [3.05, 3.63) is 75.3 Å². The maximum absolute atomic E-state index is 12.0. The van der Waals surface area contributed by atoms with Crippen LogP contribution in [0.25, 0.3) is 6.08 Å². The molecule has 0 unspecified atom stereocenters. The van der Waals surface area contributed by atoms with Crippen LogP contribution in [-0.2, 0) is 27.1 Å². The standard InChI is InChI=1S/C20H22Cl2N2O3S/c1-14(2)24-28(26,27)13-16-5-3-15(4-6-16)12-23-20(25)10-7-17-11-18(21)8-9-19(17)22/h3-11,14,24H,12-13H2,1-2H3,(H,23,25)/b10-7+. The molecule has 1 amide bonds. The zero-order valence-electron chi connectivity index (χ0n) is 15.6. The van der Waals surface area contributed by atoms with Crippen LogP contribution >= 0.6 is 23.2 Å². The predicted molar refractivity (Wildman–Crippen MR) is 115 cm³/mol. The highest BCUT2D eigenvalue weighted by Gasteiger charge is 2.12. The number of carbonyl (C=O) groups excluding carboxylic acids is 1. The fraction of sp³-hybridized carbons (Fsp3) is 0.250. The SMILES string of the molecule is CC(C)NS(=O)(=O)Cc1ccc(CNC(=O)/C=C/c2cc(Cl)ccc2Cl)cc1. The van der Waals surface area contributed by atoms with Crippen molar-refractivity contribution in [1.82, 2.24) is 10.0 Å². The number of sulfonamides is 1. The van der Waals surface area contributed by atoms with Crippen LogP contribution in [0.2, 0.25) is 10.0 Å². The molecule has 2 N–H and O–H groups in total. The Morgan fingerprint density at radius 1 is 1.07 bits per heavy atom. The molecule has 0 heterocycles.